The second kappa shape index (κ2) is 5.04. The van der Waals surface area contributed by atoms with Crippen LogP contribution >= 0.6 is 0 Å². The van der Waals surface area contributed by atoms with Crippen LogP contribution in [0.5, 0.6) is 0 Å². The van der Waals surface area contributed by atoms with E-state index in [0.717, 1.165) is 18.4 Å². The van der Waals surface area contributed by atoms with Crippen molar-refractivity contribution in [2.45, 2.75) is 31.7 Å². The maximum absolute atomic E-state index is 13.1. The Morgan fingerprint density at radius 3 is 2.75 bits per heavy atom. The van der Waals surface area contributed by atoms with E-state index in [1.807, 2.05) is 6.07 Å². The molecule has 1 atom stereocenters. The molecule has 0 radical (unpaired) electrons. The molecule has 1 fully saturated rings. The first-order valence-corrected chi connectivity index (χ1v) is 5.63. The van der Waals surface area contributed by atoms with E-state index in [1.54, 1.807) is 12.1 Å². The predicted molar refractivity (Wildman–Crippen MR) is 59.2 cm³/mol. The zero-order chi connectivity index (χ0) is 11.4. The van der Waals surface area contributed by atoms with Crippen LogP contribution in [0.3, 0.4) is 0 Å². The number of benzene rings is 1. The number of aliphatic imine (C=N–C) groups is 1. The average molecular weight is 219 g/mol. The van der Waals surface area contributed by atoms with Crippen LogP contribution in [-0.4, -0.2) is 6.08 Å². The van der Waals surface area contributed by atoms with Crippen LogP contribution in [0.25, 0.3) is 0 Å². The first kappa shape index (κ1) is 11.0. The van der Waals surface area contributed by atoms with Crippen LogP contribution in [-0.2, 0) is 4.79 Å². The zero-order valence-electron chi connectivity index (χ0n) is 9.03. The van der Waals surface area contributed by atoms with E-state index >= 15 is 0 Å². The molecule has 1 saturated carbocycles. The Morgan fingerprint density at radius 2 is 2.12 bits per heavy atom. The quantitative estimate of drug-likeness (QED) is 0.566. The summed E-state index contributed by atoms with van der Waals surface area (Å²) in [4.78, 5) is 14.3. The minimum atomic E-state index is -0.276. The van der Waals surface area contributed by atoms with Gasteiger partial charge in [0, 0.05) is 0 Å². The van der Waals surface area contributed by atoms with Gasteiger partial charge in [0.15, 0.2) is 0 Å². The Kier molecular flexibility index (Phi) is 3.47. The molecule has 1 unspecified atom stereocenters. The Bertz CT molecular complexity index is 406. The van der Waals surface area contributed by atoms with Crippen LogP contribution < -0.4 is 0 Å². The number of hydrogen-bond acceptors (Lipinski definition) is 2. The molecule has 84 valence electrons. The minimum Gasteiger partial charge on any atom is -0.211 e. The molecule has 1 aliphatic carbocycles. The molecule has 0 bridgehead atoms. The molecule has 1 aromatic rings. The summed E-state index contributed by atoms with van der Waals surface area (Å²) in [6.07, 6.45) is 6.08. The van der Waals surface area contributed by atoms with Crippen molar-refractivity contribution in [3.8, 4) is 0 Å². The average Bonchev–Trinajstić information content (AvgIpc) is 2.79. The van der Waals surface area contributed by atoms with Crippen molar-refractivity contribution < 1.29 is 9.18 Å². The van der Waals surface area contributed by atoms with Gasteiger partial charge in [-0.25, -0.2) is 9.18 Å². The van der Waals surface area contributed by atoms with E-state index in [2.05, 4.69) is 4.99 Å². The highest BCUT2D eigenvalue weighted by Crippen LogP contribution is 2.37. The van der Waals surface area contributed by atoms with Crippen LogP contribution in [0.15, 0.2) is 29.3 Å². The number of rotatable bonds is 3. The van der Waals surface area contributed by atoms with Gasteiger partial charge < -0.3 is 0 Å². The van der Waals surface area contributed by atoms with Crippen LogP contribution in [0.2, 0.25) is 0 Å². The third kappa shape index (κ3) is 2.37. The molecule has 2 rings (SSSR count). The summed E-state index contributed by atoms with van der Waals surface area (Å²) < 4.78 is 13.1. The largest absolute Gasteiger partial charge is 0.235 e. The lowest BCUT2D eigenvalue weighted by Crippen LogP contribution is -2.07. The molecule has 0 amide bonds. The number of nitrogens with zero attached hydrogens (tertiary/aromatic N) is 1. The highest BCUT2D eigenvalue weighted by molar-refractivity contribution is 5.36. The zero-order valence-corrected chi connectivity index (χ0v) is 9.03. The summed E-state index contributed by atoms with van der Waals surface area (Å²) in [5.41, 5.74) is 0.787. The molecule has 0 spiro atoms. The van der Waals surface area contributed by atoms with E-state index in [-0.39, 0.29) is 11.9 Å². The van der Waals surface area contributed by atoms with Gasteiger partial charge in [-0.1, -0.05) is 25.0 Å². The summed E-state index contributed by atoms with van der Waals surface area (Å²) in [7, 11) is 0. The van der Waals surface area contributed by atoms with Crippen LogP contribution in [0.1, 0.15) is 37.3 Å². The molecule has 16 heavy (non-hydrogen) atoms. The van der Waals surface area contributed by atoms with E-state index in [0.29, 0.717) is 5.92 Å². The first-order valence-electron chi connectivity index (χ1n) is 5.63. The van der Waals surface area contributed by atoms with Crippen molar-refractivity contribution in [3.05, 3.63) is 35.6 Å². The van der Waals surface area contributed by atoms with E-state index in [4.69, 9.17) is 0 Å². The molecular weight excluding hydrogens is 205 g/mol. The van der Waals surface area contributed by atoms with E-state index in [1.165, 1.54) is 25.0 Å². The second-order valence-corrected chi connectivity index (χ2v) is 4.26. The lowest BCUT2D eigenvalue weighted by molar-refractivity contribution is 0.440. The number of hydrogen-bond donors (Lipinski definition) is 0. The van der Waals surface area contributed by atoms with Gasteiger partial charge in [0.2, 0.25) is 6.08 Å². The molecule has 3 heteroatoms. The van der Waals surface area contributed by atoms with Crippen molar-refractivity contribution >= 4 is 6.08 Å². The summed E-state index contributed by atoms with van der Waals surface area (Å²) in [6, 6.07) is 6.14. The van der Waals surface area contributed by atoms with Crippen molar-refractivity contribution in [1.82, 2.24) is 0 Å². The third-order valence-corrected chi connectivity index (χ3v) is 3.23. The molecule has 1 aliphatic rings. The normalized spacial score (nSPS) is 18.1. The molecular formula is C13H14FNO. The van der Waals surface area contributed by atoms with Crippen molar-refractivity contribution in [1.29, 1.82) is 0 Å². The predicted octanol–water partition coefficient (Wildman–Crippen LogP) is 3.39. The van der Waals surface area contributed by atoms with Crippen LogP contribution in [0.4, 0.5) is 4.39 Å². The Labute approximate surface area is 94.2 Å². The smallest absolute Gasteiger partial charge is 0.211 e. The Balaban J connectivity index is 2.27. The summed E-state index contributed by atoms with van der Waals surface area (Å²) in [5.74, 6) is 0.0878. The van der Waals surface area contributed by atoms with Gasteiger partial charge in [-0.15, -0.1) is 0 Å². The van der Waals surface area contributed by atoms with Gasteiger partial charge in [-0.3, -0.25) is 0 Å². The van der Waals surface area contributed by atoms with E-state index < -0.39 is 0 Å². The van der Waals surface area contributed by atoms with Crippen molar-refractivity contribution in [3.63, 3.8) is 0 Å². The topological polar surface area (TPSA) is 29.4 Å². The number of isocyanates is 1. The standard InChI is InChI=1S/C13H14FNO/c14-12-7-3-6-11(8-12)13(15-9-16)10-4-1-2-5-10/h3,6-8,10,13H,1-2,4-5H2. The highest BCUT2D eigenvalue weighted by Gasteiger charge is 2.26. The highest BCUT2D eigenvalue weighted by atomic mass is 19.1. The van der Waals surface area contributed by atoms with Crippen LogP contribution in [0, 0.1) is 11.7 Å². The fourth-order valence-electron chi connectivity index (χ4n) is 2.47. The second-order valence-electron chi connectivity index (χ2n) is 4.26. The molecule has 0 N–H and O–H groups in total. The molecule has 2 nitrogen and oxygen atoms in total. The summed E-state index contributed by atoms with van der Waals surface area (Å²) in [6.45, 7) is 0. The SMILES string of the molecule is O=C=NC(c1cccc(F)c1)C1CCCC1. The number of halogens is 1. The maximum Gasteiger partial charge on any atom is 0.235 e. The monoisotopic (exact) mass is 219 g/mol. The molecule has 0 aliphatic heterocycles. The maximum atomic E-state index is 13.1. The molecule has 1 aromatic carbocycles. The number of carbonyl (C=O) groups excluding carboxylic acids is 1. The van der Waals surface area contributed by atoms with Crippen molar-refractivity contribution in [2.24, 2.45) is 10.9 Å². The van der Waals surface area contributed by atoms with Gasteiger partial charge in [-0.05, 0) is 36.5 Å². The van der Waals surface area contributed by atoms with Crippen molar-refractivity contribution in [2.75, 3.05) is 0 Å². The van der Waals surface area contributed by atoms with Gasteiger partial charge >= 0.3 is 0 Å². The molecule has 0 heterocycles. The van der Waals surface area contributed by atoms with E-state index in [9.17, 15) is 9.18 Å². The lowest BCUT2D eigenvalue weighted by atomic mass is 9.92. The molecule has 0 saturated heterocycles. The van der Waals surface area contributed by atoms with Gasteiger partial charge in [0.05, 0.1) is 6.04 Å². The molecule has 0 aromatic heterocycles. The summed E-state index contributed by atoms with van der Waals surface area (Å²) >= 11 is 0. The lowest BCUT2D eigenvalue weighted by Gasteiger charge is -2.17. The minimum absolute atomic E-state index is 0.212. The fourth-order valence-corrected chi connectivity index (χ4v) is 2.47. The van der Waals surface area contributed by atoms with Gasteiger partial charge in [-0.2, -0.15) is 4.99 Å². The van der Waals surface area contributed by atoms with Gasteiger partial charge in [0.25, 0.3) is 0 Å². The summed E-state index contributed by atoms with van der Waals surface area (Å²) in [5, 5.41) is 0. The van der Waals surface area contributed by atoms with Gasteiger partial charge in [0.1, 0.15) is 5.82 Å². The fraction of sp³-hybridized carbons (Fsp3) is 0.462. The Hall–Kier alpha value is -1.47. The third-order valence-electron chi connectivity index (χ3n) is 3.23. The first-order chi connectivity index (χ1) is 7.81. The Morgan fingerprint density at radius 1 is 1.38 bits per heavy atom.